The van der Waals surface area contributed by atoms with E-state index in [4.69, 9.17) is 9.47 Å². The van der Waals surface area contributed by atoms with Gasteiger partial charge < -0.3 is 9.47 Å². The lowest BCUT2D eigenvalue weighted by Crippen LogP contribution is -2.26. The van der Waals surface area contributed by atoms with Gasteiger partial charge in [0, 0.05) is 0 Å². The maximum atomic E-state index is 11.3. The third kappa shape index (κ3) is 3.57. The summed E-state index contributed by atoms with van der Waals surface area (Å²) < 4.78 is 10.3. The summed E-state index contributed by atoms with van der Waals surface area (Å²) in [5.74, 6) is 0.361. The number of benzene rings is 1. The first-order chi connectivity index (χ1) is 7.67. The highest BCUT2D eigenvalue weighted by molar-refractivity contribution is 5.74. The molecule has 1 aromatic carbocycles. The summed E-state index contributed by atoms with van der Waals surface area (Å²) in [5, 5.41) is 0. The monoisotopic (exact) mass is 222 g/mol. The van der Waals surface area contributed by atoms with Gasteiger partial charge in [-0.15, -0.1) is 0 Å². The normalized spacial score (nSPS) is 11.9. The predicted octanol–water partition coefficient (Wildman–Crippen LogP) is 2.58. The summed E-state index contributed by atoms with van der Waals surface area (Å²) in [6, 6.07) is 7.73. The third-order valence-corrected chi connectivity index (χ3v) is 2.26. The molecule has 0 amide bonds. The molecule has 0 aliphatic carbocycles. The molecule has 0 aliphatic heterocycles. The first kappa shape index (κ1) is 12.6. The summed E-state index contributed by atoms with van der Waals surface area (Å²) in [6.45, 7) is 5.94. The highest BCUT2D eigenvalue weighted by atomic mass is 16.6. The van der Waals surface area contributed by atoms with E-state index >= 15 is 0 Å². The van der Waals surface area contributed by atoms with Crippen molar-refractivity contribution >= 4 is 5.97 Å². The van der Waals surface area contributed by atoms with E-state index in [-0.39, 0.29) is 5.97 Å². The Morgan fingerprint density at radius 2 is 1.88 bits per heavy atom. The molecule has 1 aromatic rings. The Labute approximate surface area is 96.4 Å². The second-order valence-electron chi connectivity index (χ2n) is 3.51. The van der Waals surface area contributed by atoms with Gasteiger partial charge >= 0.3 is 5.97 Å². The number of hydrogen-bond donors (Lipinski definition) is 0. The smallest absolute Gasteiger partial charge is 0.347 e. The quantitative estimate of drug-likeness (QED) is 0.718. The van der Waals surface area contributed by atoms with Gasteiger partial charge in [0.1, 0.15) is 5.75 Å². The average Bonchev–Trinajstić information content (AvgIpc) is 2.30. The van der Waals surface area contributed by atoms with E-state index in [1.165, 1.54) is 5.56 Å². The van der Waals surface area contributed by atoms with Crippen molar-refractivity contribution in [3.63, 3.8) is 0 Å². The number of carbonyl (C=O) groups excluding carboxylic acids is 1. The van der Waals surface area contributed by atoms with Crippen LogP contribution in [0.2, 0.25) is 0 Å². The van der Waals surface area contributed by atoms with Crippen LogP contribution in [0.5, 0.6) is 5.75 Å². The summed E-state index contributed by atoms with van der Waals surface area (Å²) in [7, 11) is 0. The summed E-state index contributed by atoms with van der Waals surface area (Å²) in [5.41, 5.74) is 1.25. The molecule has 1 atom stereocenters. The summed E-state index contributed by atoms with van der Waals surface area (Å²) in [6.07, 6.45) is 0.431. The van der Waals surface area contributed by atoms with Crippen LogP contribution < -0.4 is 4.74 Å². The first-order valence-corrected chi connectivity index (χ1v) is 5.59. The van der Waals surface area contributed by atoms with Gasteiger partial charge in [0.05, 0.1) is 6.61 Å². The highest BCUT2D eigenvalue weighted by Gasteiger charge is 2.15. The van der Waals surface area contributed by atoms with Crippen LogP contribution in [0.25, 0.3) is 0 Å². The van der Waals surface area contributed by atoms with Crippen molar-refractivity contribution in [1.82, 2.24) is 0 Å². The van der Waals surface area contributed by atoms with Crippen LogP contribution in [0.3, 0.4) is 0 Å². The van der Waals surface area contributed by atoms with Gasteiger partial charge in [-0.1, -0.05) is 19.1 Å². The molecule has 0 unspecified atom stereocenters. The van der Waals surface area contributed by atoms with Crippen molar-refractivity contribution in [2.24, 2.45) is 0 Å². The van der Waals surface area contributed by atoms with E-state index < -0.39 is 6.10 Å². The van der Waals surface area contributed by atoms with E-state index in [2.05, 4.69) is 6.92 Å². The zero-order valence-electron chi connectivity index (χ0n) is 10.0. The van der Waals surface area contributed by atoms with Crippen molar-refractivity contribution in [1.29, 1.82) is 0 Å². The molecule has 0 saturated heterocycles. The Bertz CT molecular complexity index is 330. The molecule has 0 aromatic heterocycles. The van der Waals surface area contributed by atoms with Gasteiger partial charge in [0.15, 0.2) is 6.10 Å². The third-order valence-electron chi connectivity index (χ3n) is 2.26. The molecule has 0 heterocycles. The van der Waals surface area contributed by atoms with E-state index in [0.29, 0.717) is 12.4 Å². The number of esters is 1. The number of ether oxygens (including phenoxy) is 2. The van der Waals surface area contributed by atoms with Gasteiger partial charge in [0.25, 0.3) is 0 Å². The van der Waals surface area contributed by atoms with Crippen LogP contribution in [0.15, 0.2) is 24.3 Å². The minimum Gasteiger partial charge on any atom is -0.479 e. The molecule has 16 heavy (non-hydrogen) atoms. The Morgan fingerprint density at radius 3 is 2.38 bits per heavy atom. The average molecular weight is 222 g/mol. The second kappa shape index (κ2) is 6.16. The maximum absolute atomic E-state index is 11.3. The Hall–Kier alpha value is -1.51. The summed E-state index contributed by atoms with van der Waals surface area (Å²) >= 11 is 0. The van der Waals surface area contributed by atoms with E-state index in [9.17, 15) is 4.79 Å². The van der Waals surface area contributed by atoms with E-state index in [1.54, 1.807) is 13.8 Å². The minimum absolute atomic E-state index is 0.331. The van der Waals surface area contributed by atoms with E-state index in [1.807, 2.05) is 24.3 Å². The standard InChI is InChI=1S/C13H18O3/c1-4-11-6-8-12(9-7-11)16-10(3)13(14)15-5-2/h6-10H,4-5H2,1-3H3/t10-/m0/s1. The SMILES string of the molecule is CCOC(=O)[C@H](C)Oc1ccc(CC)cc1. The molecule has 0 spiro atoms. The van der Waals surface area contributed by atoms with Crippen LogP contribution in [-0.4, -0.2) is 18.7 Å². The number of hydrogen-bond acceptors (Lipinski definition) is 3. The van der Waals surface area contributed by atoms with Crippen molar-refractivity contribution in [3.05, 3.63) is 29.8 Å². The van der Waals surface area contributed by atoms with Crippen molar-refractivity contribution < 1.29 is 14.3 Å². The molecule has 0 aliphatic rings. The van der Waals surface area contributed by atoms with Crippen LogP contribution in [0.4, 0.5) is 0 Å². The van der Waals surface area contributed by atoms with Crippen LogP contribution in [0, 0.1) is 0 Å². The van der Waals surface area contributed by atoms with Crippen LogP contribution in [-0.2, 0) is 16.0 Å². The fourth-order valence-electron chi connectivity index (χ4n) is 1.32. The second-order valence-corrected chi connectivity index (χ2v) is 3.51. The fraction of sp³-hybridized carbons (Fsp3) is 0.462. The molecule has 1 rings (SSSR count). The van der Waals surface area contributed by atoms with Crippen molar-refractivity contribution in [2.45, 2.75) is 33.3 Å². The molecular formula is C13H18O3. The molecule has 3 nitrogen and oxygen atoms in total. The number of carbonyl (C=O) groups is 1. The maximum Gasteiger partial charge on any atom is 0.347 e. The van der Waals surface area contributed by atoms with Gasteiger partial charge in [0.2, 0.25) is 0 Å². The van der Waals surface area contributed by atoms with Gasteiger partial charge in [-0.25, -0.2) is 4.79 Å². The Morgan fingerprint density at radius 1 is 1.25 bits per heavy atom. The lowest BCUT2D eigenvalue weighted by molar-refractivity contribution is -0.150. The zero-order chi connectivity index (χ0) is 12.0. The molecule has 0 saturated carbocycles. The van der Waals surface area contributed by atoms with Gasteiger partial charge in [-0.2, -0.15) is 0 Å². The van der Waals surface area contributed by atoms with Crippen molar-refractivity contribution in [3.8, 4) is 5.75 Å². The van der Waals surface area contributed by atoms with Gasteiger partial charge in [-0.05, 0) is 38.0 Å². The first-order valence-electron chi connectivity index (χ1n) is 5.59. The molecule has 0 N–H and O–H groups in total. The van der Waals surface area contributed by atoms with Gasteiger partial charge in [-0.3, -0.25) is 0 Å². The van der Waals surface area contributed by atoms with E-state index in [0.717, 1.165) is 6.42 Å². The highest BCUT2D eigenvalue weighted by Crippen LogP contribution is 2.14. The zero-order valence-corrected chi connectivity index (χ0v) is 10.0. The molecular weight excluding hydrogens is 204 g/mol. The lowest BCUT2D eigenvalue weighted by atomic mass is 10.2. The molecule has 88 valence electrons. The predicted molar refractivity (Wildman–Crippen MR) is 62.5 cm³/mol. The fourth-order valence-corrected chi connectivity index (χ4v) is 1.32. The summed E-state index contributed by atoms with van der Waals surface area (Å²) in [4.78, 5) is 11.3. The molecule has 0 radical (unpaired) electrons. The topological polar surface area (TPSA) is 35.5 Å². The Kier molecular flexibility index (Phi) is 4.83. The molecule has 0 bridgehead atoms. The number of rotatable bonds is 5. The lowest BCUT2D eigenvalue weighted by Gasteiger charge is -2.13. The minimum atomic E-state index is -0.563. The van der Waals surface area contributed by atoms with Crippen molar-refractivity contribution in [2.75, 3.05) is 6.61 Å². The molecule has 3 heteroatoms. The molecule has 0 fully saturated rings. The number of aryl methyl sites for hydroxylation is 1. The van der Waals surface area contributed by atoms with Crippen LogP contribution in [0.1, 0.15) is 26.3 Å². The Balaban J connectivity index is 2.55. The van der Waals surface area contributed by atoms with Crippen LogP contribution >= 0.6 is 0 Å². The largest absolute Gasteiger partial charge is 0.479 e.